The molecule has 0 fully saturated rings. The number of hydrogen-bond acceptors (Lipinski definition) is 1. The summed E-state index contributed by atoms with van der Waals surface area (Å²) in [5, 5.41) is 10.1. The molecule has 0 amide bonds. The monoisotopic (exact) mass is 202 g/mol. The van der Waals surface area contributed by atoms with Gasteiger partial charge in [0.15, 0.2) is 0 Å². The van der Waals surface area contributed by atoms with Crippen molar-refractivity contribution in [3.8, 4) is 0 Å². The summed E-state index contributed by atoms with van der Waals surface area (Å²) < 4.78 is 13.5. The average Bonchev–Trinajstić information content (AvgIpc) is 1.94. The van der Waals surface area contributed by atoms with Crippen LogP contribution < -0.4 is 0 Å². The van der Waals surface area contributed by atoms with E-state index in [0.717, 1.165) is 0 Å². The van der Waals surface area contributed by atoms with Crippen LogP contribution in [0.4, 0.5) is 4.39 Å². The second-order valence-corrected chi connectivity index (χ2v) is 4.08. The molecule has 1 nitrogen and oxygen atoms in total. The fourth-order valence-corrected chi connectivity index (χ4v) is 1.44. The Kier molecular flexibility index (Phi) is 2.64. The van der Waals surface area contributed by atoms with Crippen LogP contribution in [0.1, 0.15) is 25.0 Å². The molecule has 1 rings (SSSR count). The van der Waals surface area contributed by atoms with Crippen LogP contribution in [0.15, 0.2) is 12.1 Å². The normalized spacial score (nSPS) is 11.8. The van der Waals surface area contributed by atoms with Crippen LogP contribution >= 0.6 is 11.6 Å². The number of benzene rings is 1. The molecule has 0 unspecified atom stereocenters. The third-order valence-corrected chi connectivity index (χ3v) is 2.10. The molecule has 0 spiro atoms. The van der Waals surface area contributed by atoms with Gasteiger partial charge in [-0.25, -0.2) is 4.39 Å². The first-order valence-corrected chi connectivity index (χ1v) is 4.38. The number of aliphatic hydroxyl groups is 1. The van der Waals surface area contributed by atoms with Gasteiger partial charge >= 0.3 is 0 Å². The minimum absolute atomic E-state index is 0.234. The summed E-state index contributed by atoms with van der Waals surface area (Å²) >= 11 is 5.75. The molecule has 1 N–H and O–H groups in total. The molecule has 0 aliphatic heterocycles. The Morgan fingerprint density at radius 1 is 1.38 bits per heavy atom. The molecule has 0 aliphatic carbocycles. The molecule has 13 heavy (non-hydrogen) atoms. The minimum Gasteiger partial charge on any atom is -0.386 e. The molecule has 0 heterocycles. The first-order valence-electron chi connectivity index (χ1n) is 4.01. The fourth-order valence-electron chi connectivity index (χ4n) is 1.17. The van der Waals surface area contributed by atoms with Gasteiger partial charge in [-0.15, -0.1) is 0 Å². The lowest BCUT2D eigenvalue weighted by molar-refractivity contribution is 0.0744. The largest absolute Gasteiger partial charge is 0.386 e. The Bertz CT molecular complexity index is 328. The third-order valence-electron chi connectivity index (χ3n) is 1.88. The highest BCUT2D eigenvalue weighted by atomic mass is 35.5. The molecule has 72 valence electrons. The van der Waals surface area contributed by atoms with Crippen molar-refractivity contribution in [3.63, 3.8) is 0 Å². The van der Waals surface area contributed by atoms with E-state index in [0.29, 0.717) is 10.6 Å². The molecule has 0 radical (unpaired) electrons. The van der Waals surface area contributed by atoms with Gasteiger partial charge in [-0.05, 0) is 38.5 Å². The molecule has 1 aromatic rings. The standard InChI is InChI=1S/C10H12ClFO/c1-6-4-7(11)5-8(9(6)12)10(2,3)13/h4-5,13H,1-3H3. The van der Waals surface area contributed by atoms with Gasteiger partial charge < -0.3 is 5.11 Å². The van der Waals surface area contributed by atoms with Crippen molar-refractivity contribution in [2.45, 2.75) is 26.4 Å². The molecule has 1 aromatic carbocycles. The van der Waals surface area contributed by atoms with E-state index in [1.54, 1.807) is 6.92 Å². The van der Waals surface area contributed by atoms with E-state index < -0.39 is 11.4 Å². The third kappa shape index (κ3) is 2.20. The van der Waals surface area contributed by atoms with Crippen molar-refractivity contribution in [3.05, 3.63) is 34.1 Å². The topological polar surface area (TPSA) is 20.2 Å². The Labute approximate surface area is 82.2 Å². The molecule has 0 bridgehead atoms. The molecule has 0 saturated heterocycles. The second-order valence-electron chi connectivity index (χ2n) is 3.64. The summed E-state index contributed by atoms with van der Waals surface area (Å²) in [6.07, 6.45) is 0. The summed E-state index contributed by atoms with van der Waals surface area (Å²) in [7, 11) is 0. The maximum absolute atomic E-state index is 13.5. The predicted molar refractivity (Wildman–Crippen MR) is 51.4 cm³/mol. The van der Waals surface area contributed by atoms with Crippen molar-refractivity contribution in [2.24, 2.45) is 0 Å². The maximum Gasteiger partial charge on any atom is 0.132 e. The van der Waals surface area contributed by atoms with Crippen LogP contribution in [0.25, 0.3) is 0 Å². The summed E-state index contributed by atoms with van der Waals surface area (Å²) in [5.41, 5.74) is -0.512. The van der Waals surface area contributed by atoms with E-state index >= 15 is 0 Å². The Hall–Kier alpha value is -0.600. The van der Waals surface area contributed by atoms with Crippen molar-refractivity contribution >= 4 is 11.6 Å². The van der Waals surface area contributed by atoms with Gasteiger partial charge in [-0.2, -0.15) is 0 Å². The zero-order valence-corrected chi connectivity index (χ0v) is 8.61. The van der Waals surface area contributed by atoms with Gasteiger partial charge in [0.1, 0.15) is 5.82 Å². The zero-order valence-electron chi connectivity index (χ0n) is 7.86. The Balaban J connectivity index is 3.37. The predicted octanol–water partition coefficient (Wildman–Crippen LogP) is 3.01. The van der Waals surface area contributed by atoms with Crippen molar-refractivity contribution < 1.29 is 9.50 Å². The molecule has 0 aromatic heterocycles. The molecular formula is C10H12ClFO. The lowest BCUT2D eigenvalue weighted by Crippen LogP contribution is -2.18. The van der Waals surface area contributed by atoms with E-state index in [1.807, 2.05) is 0 Å². The van der Waals surface area contributed by atoms with Gasteiger partial charge in [-0.1, -0.05) is 11.6 Å². The van der Waals surface area contributed by atoms with Gasteiger partial charge in [0.25, 0.3) is 0 Å². The summed E-state index contributed by atoms with van der Waals surface area (Å²) in [5.74, 6) is -0.392. The lowest BCUT2D eigenvalue weighted by Gasteiger charge is -2.19. The summed E-state index contributed by atoms with van der Waals surface area (Å²) in [6, 6.07) is 2.98. The average molecular weight is 203 g/mol. The van der Waals surface area contributed by atoms with Crippen LogP contribution in [0, 0.1) is 12.7 Å². The maximum atomic E-state index is 13.5. The molecule has 0 saturated carbocycles. The number of halogens is 2. The van der Waals surface area contributed by atoms with E-state index in [-0.39, 0.29) is 5.56 Å². The quantitative estimate of drug-likeness (QED) is 0.742. The molecule has 0 aliphatic rings. The fraction of sp³-hybridized carbons (Fsp3) is 0.400. The highest BCUT2D eigenvalue weighted by Crippen LogP contribution is 2.27. The highest BCUT2D eigenvalue weighted by Gasteiger charge is 2.22. The Morgan fingerprint density at radius 3 is 2.38 bits per heavy atom. The van der Waals surface area contributed by atoms with Crippen LogP contribution in [0.5, 0.6) is 0 Å². The zero-order chi connectivity index (χ0) is 10.2. The highest BCUT2D eigenvalue weighted by molar-refractivity contribution is 6.30. The van der Waals surface area contributed by atoms with Crippen LogP contribution in [0.3, 0.4) is 0 Å². The van der Waals surface area contributed by atoms with E-state index in [4.69, 9.17) is 11.6 Å². The molecular weight excluding hydrogens is 191 g/mol. The van der Waals surface area contributed by atoms with Gasteiger partial charge in [-0.3, -0.25) is 0 Å². The van der Waals surface area contributed by atoms with Gasteiger partial charge in [0.05, 0.1) is 5.60 Å². The van der Waals surface area contributed by atoms with E-state index in [2.05, 4.69) is 0 Å². The van der Waals surface area contributed by atoms with E-state index in [1.165, 1.54) is 26.0 Å². The van der Waals surface area contributed by atoms with E-state index in [9.17, 15) is 9.50 Å². The molecule has 0 atom stereocenters. The lowest BCUT2D eigenvalue weighted by atomic mass is 9.96. The van der Waals surface area contributed by atoms with Crippen molar-refractivity contribution in [2.75, 3.05) is 0 Å². The first kappa shape index (κ1) is 10.5. The summed E-state index contributed by atoms with van der Waals surface area (Å²) in [4.78, 5) is 0. The molecule has 3 heteroatoms. The Morgan fingerprint density at radius 2 is 1.92 bits per heavy atom. The first-order chi connectivity index (χ1) is 5.82. The van der Waals surface area contributed by atoms with Crippen LogP contribution in [-0.4, -0.2) is 5.11 Å². The SMILES string of the molecule is Cc1cc(Cl)cc(C(C)(C)O)c1F. The van der Waals surface area contributed by atoms with Crippen molar-refractivity contribution in [1.82, 2.24) is 0 Å². The number of aryl methyl sites for hydroxylation is 1. The minimum atomic E-state index is -1.19. The number of hydrogen-bond donors (Lipinski definition) is 1. The second kappa shape index (κ2) is 3.28. The van der Waals surface area contributed by atoms with Crippen LogP contribution in [0.2, 0.25) is 5.02 Å². The summed E-state index contributed by atoms with van der Waals surface area (Å²) in [6.45, 7) is 4.68. The number of rotatable bonds is 1. The van der Waals surface area contributed by atoms with Crippen LogP contribution in [-0.2, 0) is 5.60 Å². The van der Waals surface area contributed by atoms with Gasteiger partial charge in [0, 0.05) is 10.6 Å². The smallest absolute Gasteiger partial charge is 0.132 e. The van der Waals surface area contributed by atoms with Crippen molar-refractivity contribution in [1.29, 1.82) is 0 Å². The van der Waals surface area contributed by atoms with Gasteiger partial charge in [0.2, 0.25) is 0 Å².